The van der Waals surface area contributed by atoms with Crippen molar-refractivity contribution in [2.45, 2.75) is 19.3 Å². The lowest BCUT2D eigenvalue weighted by Gasteiger charge is -2.28. The molecule has 10 aromatic rings. The first-order valence-electron chi connectivity index (χ1n) is 20.5. The summed E-state index contributed by atoms with van der Waals surface area (Å²) >= 11 is 0. The van der Waals surface area contributed by atoms with Gasteiger partial charge in [0.25, 0.3) is 0 Å². The predicted octanol–water partition coefficient (Wildman–Crippen LogP) is 15.6. The fourth-order valence-corrected chi connectivity index (χ4v) is 9.37. The monoisotopic (exact) mass is 754 g/mol. The fraction of sp³-hybridized carbons (Fsp3) is 0.0526. The standard InChI is InChI=1S/C57H42N2/c1-57(2)53-17-9-6-14-49(53)50-37-36-48(38-54(50)57)58(45-30-24-42(25-31-45)39-12-4-3-5-13-39)46-32-26-43(27-33-46)40-20-22-41(23-21-40)44-28-34-47(35-29-44)59-55-18-10-7-15-51(55)52-16-8-11-19-56(52)59/h3-38H,1-2H3. The molecule has 2 nitrogen and oxygen atoms in total. The molecule has 9 aromatic carbocycles. The number of para-hydroxylation sites is 2. The van der Waals surface area contributed by atoms with Crippen LogP contribution in [-0.2, 0) is 5.41 Å². The maximum absolute atomic E-state index is 2.41. The third kappa shape index (κ3) is 5.87. The molecule has 0 N–H and O–H groups in total. The quantitative estimate of drug-likeness (QED) is 0.157. The topological polar surface area (TPSA) is 8.17 Å². The van der Waals surface area contributed by atoms with Crippen LogP contribution in [0, 0.1) is 0 Å². The lowest BCUT2D eigenvalue weighted by Crippen LogP contribution is -2.16. The van der Waals surface area contributed by atoms with Gasteiger partial charge in [-0.3, -0.25) is 0 Å². The second-order valence-electron chi connectivity index (χ2n) is 16.2. The highest BCUT2D eigenvalue weighted by molar-refractivity contribution is 6.09. The second-order valence-corrected chi connectivity index (χ2v) is 16.2. The van der Waals surface area contributed by atoms with Crippen molar-refractivity contribution in [2.24, 2.45) is 0 Å². The summed E-state index contributed by atoms with van der Waals surface area (Å²) < 4.78 is 2.37. The van der Waals surface area contributed by atoms with Crippen molar-refractivity contribution in [1.29, 1.82) is 0 Å². The number of anilines is 3. The molecule has 0 radical (unpaired) electrons. The van der Waals surface area contributed by atoms with E-state index >= 15 is 0 Å². The molecule has 0 atom stereocenters. The SMILES string of the molecule is CC1(C)c2ccccc2-c2ccc(N(c3ccc(-c4ccccc4)cc3)c3ccc(-c4ccc(-c5ccc(-n6c7ccccc7c7ccccc76)cc5)cc4)cc3)cc21. The zero-order chi connectivity index (χ0) is 39.5. The normalized spacial score (nSPS) is 12.7. The van der Waals surface area contributed by atoms with Gasteiger partial charge in [0.05, 0.1) is 11.0 Å². The molecule has 0 amide bonds. The van der Waals surface area contributed by atoms with Gasteiger partial charge in [-0.1, -0.05) is 172 Å². The van der Waals surface area contributed by atoms with E-state index in [4.69, 9.17) is 0 Å². The van der Waals surface area contributed by atoms with Crippen LogP contribution in [0.1, 0.15) is 25.0 Å². The predicted molar refractivity (Wildman–Crippen MR) is 249 cm³/mol. The van der Waals surface area contributed by atoms with Gasteiger partial charge < -0.3 is 9.47 Å². The number of benzene rings is 9. The van der Waals surface area contributed by atoms with Gasteiger partial charge in [-0.15, -0.1) is 0 Å². The molecule has 1 heterocycles. The van der Waals surface area contributed by atoms with Gasteiger partial charge >= 0.3 is 0 Å². The Balaban J connectivity index is 0.903. The van der Waals surface area contributed by atoms with Crippen molar-refractivity contribution in [1.82, 2.24) is 4.57 Å². The summed E-state index contributed by atoms with van der Waals surface area (Å²) in [5.74, 6) is 0. The molecule has 1 aliphatic rings. The van der Waals surface area contributed by atoms with Crippen LogP contribution < -0.4 is 4.90 Å². The van der Waals surface area contributed by atoms with Crippen molar-refractivity contribution >= 4 is 38.9 Å². The van der Waals surface area contributed by atoms with Crippen molar-refractivity contribution in [3.8, 4) is 50.2 Å². The molecule has 0 aliphatic heterocycles. The number of hydrogen-bond donors (Lipinski definition) is 0. The minimum atomic E-state index is -0.0881. The Bertz CT molecular complexity index is 3080. The van der Waals surface area contributed by atoms with Crippen LogP contribution >= 0.6 is 0 Å². The molecular weight excluding hydrogens is 713 g/mol. The summed E-state index contributed by atoms with van der Waals surface area (Å²) in [5.41, 5.74) is 19.5. The molecule has 0 saturated carbocycles. The molecule has 59 heavy (non-hydrogen) atoms. The van der Waals surface area contributed by atoms with E-state index in [1.807, 2.05) is 0 Å². The lowest BCUT2D eigenvalue weighted by atomic mass is 9.82. The Kier molecular flexibility index (Phi) is 8.20. The Morgan fingerprint density at radius 1 is 0.339 bits per heavy atom. The molecule has 0 bridgehead atoms. The van der Waals surface area contributed by atoms with Crippen LogP contribution in [0.15, 0.2) is 218 Å². The second kappa shape index (κ2) is 13.9. The third-order valence-electron chi connectivity index (χ3n) is 12.4. The van der Waals surface area contributed by atoms with Gasteiger partial charge in [-0.2, -0.15) is 0 Å². The molecule has 0 saturated heterocycles. The first-order valence-corrected chi connectivity index (χ1v) is 20.5. The Labute approximate surface area is 345 Å². The number of fused-ring (bicyclic) bond motifs is 6. The maximum Gasteiger partial charge on any atom is 0.0541 e. The largest absolute Gasteiger partial charge is 0.310 e. The summed E-state index contributed by atoms with van der Waals surface area (Å²) in [4.78, 5) is 2.39. The fourth-order valence-electron chi connectivity index (χ4n) is 9.37. The molecule has 280 valence electrons. The summed E-state index contributed by atoms with van der Waals surface area (Å²) in [6.07, 6.45) is 0. The van der Waals surface area contributed by atoms with E-state index in [1.54, 1.807) is 0 Å². The maximum atomic E-state index is 2.41. The minimum Gasteiger partial charge on any atom is -0.310 e. The average Bonchev–Trinajstić information content (AvgIpc) is 3.75. The highest BCUT2D eigenvalue weighted by Crippen LogP contribution is 2.50. The molecule has 0 unspecified atom stereocenters. The van der Waals surface area contributed by atoms with Gasteiger partial charge in [-0.25, -0.2) is 0 Å². The van der Waals surface area contributed by atoms with Crippen LogP contribution in [0.5, 0.6) is 0 Å². The average molecular weight is 755 g/mol. The Hall–Kier alpha value is -7.42. The zero-order valence-corrected chi connectivity index (χ0v) is 33.2. The van der Waals surface area contributed by atoms with E-state index in [0.717, 1.165) is 22.7 Å². The first kappa shape index (κ1) is 34.8. The Morgan fingerprint density at radius 3 is 1.31 bits per heavy atom. The number of hydrogen-bond acceptors (Lipinski definition) is 1. The molecule has 0 fully saturated rings. The smallest absolute Gasteiger partial charge is 0.0541 e. The van der Waals surface area contributed by atoms with Gasteiger partial charge in [0.2, 0.25) is 0 Å². The van der Waals surface area contributed by atoms with Gasteiger partial charge in [0, 0.05) is 38.9 Å². The molecule has 1 aromatic heterocycles. The molecule has 1 aliphatic carbocycles. The van der Waals surface area contributed by atoms with E-state index in [-0.39, 0.29) is 5.41 Å². The van der Waals surface area contributed by atoms with Crippen LogP contribution in [0.2, 0.25) is 0 Å². The van der Waals surface area contributed by atoms with E-state index in [1.165, 1.54) is 77.4 Å². The van der Waals surface area contributed by atoms with Crippen molar-refractivity contribution in [3.05, 3.63) is 230 Å². The minimum absolute atomic E-state index is 0.0881. The van der Waals surface area contributed by atoms with Crippen LogP contribution in [0.25, 0.3) is 72.0 Å². The van der Waals surface area contributed by atoms with Crippen LogP contribution in [-0.4, -0.2) is 4.57 Å². The van der Waals surface area contributed by atoms with Gasteiger partial charge in [0.1, 0.15) is 0 Å². The highest BCUT2D eigenvalue weighted by Gasteiger charge is 2.35. The van der Waals surface area contributed by atoms with Crippen LogP contribution in [0.4, 0.5) is 17.1 Å². The third-order valence-corrected chi connectivity index (χ3v) is 12.4. The van der Waals surface area contributed by atoms with Crippen molar-refractivity contribution in [2.75, 3.05) is 4.90 Å². The van der Waals surface area contributed by atoms with E-state index in [0.29, 0.717) is 0 Å². The van der Waals surface area contributed by atoms with Crippen molar-refractivity contribution < 1.29 is 0 Å². The number of rotatable bonds is 7. The number of aromatic nitrogens is 1. The summed E-state index contributed by atoms with van der Waals surface area (Å²) in [6.45, 7) is 4.70. The summed E-state index contributed by atoms with van der Waals surface area (Å²) in [6, 6.07) is 79.7. The lowest BCUT2D eigenvalue weighted by molar-refractivity contribution is 0.660. The first-order chi connectivity index (χ1) is 29.0. The van der Waals surface area contributed by atoms with E-state index in [2.05, 4.69) is 242 Å². The summed E-state index contributed by atoms with van der Waals surface area (Å²) in [5, 5.41) is 2.55. The zero-order valence-electron chi connectivity index (χ0n) is 33.2. The molecule has 11 rings (SSSR count). The molecule has 0 spiro atoms. The highest BCUT2D eigenvalue weighted by atomic mass is 15.1. The molecule has 2 heteroatoms. The van der Waals surface area contributed by atoms with E-state index < -0.39 is 0 Å². The van der Waals surface area contributed by atoms with Gasteiger partial charge in [0.15, 0.2) is 0 Å². The summed E-state index contributed by atoms with van der Waals surface area (Å²) in [7, 11) is 0. The Morgan fingerprint density at radius 2 is 0.746 bits per heavy atom. The van der Waals surface area contributed by atoms with Crippen molar-refractivity contribution in [3.63, 3.8) is 0 Å². The van der Waals surface area contributed by atoms with Crippen LogP contribution in [0.3, 0.4) is 0 Å². The van der Waals surface area contributed by atoms with E-state index in [9.17, 15) is 0 Å². The molecular formula is C57H42N2. The van der Waals surface area contributed by atoms with Gasteiger partial charge in [-0.05, 0) is 116 Å². The number of nitrogens with zero attached hydrogens (tertiary/aromatic N) is 2.